The van der Waals surface area contributed by atoms with Crippen LogP contribution in [0.1, 0.15) is 56.7 Å². The molecule has 2 aliphatic rings. The Bertz CT molecular complexity index is 488. The van der Waals surface area contributed by atoms with Gasteiger partial charge in [0.05, 0.1) is 0 Å². The van der Waals surface area contributed by atoms with Crippen molar-refractivity contribution in [1.29, 1.82) is 0 Å². The lowest BCUT2D eigenvalue weighted by Crippen LogP contribution is -2.31. The summed E-state index contributed by atoms with van der Waals surface area (Å²) in [6.07, 6.45) is 8.97. The van der Waals surface area contributed by atoms with E-state index in [1.54, 1.807) is 16.7 Å². The normalized spacial score (nSPS) is 29.7. The van der Waals surface area contributed by atoms with E-state index in [4.69, 9.17) is 0 Å². The minimum atomic E-state index is 0.585. The van der Waals surface area contributed by atoms with Gasteiger partial charge in [0.25, 0.3) is 0 Å². The standard InChI is InChI=1S/C19H27N/c1-14-10-15(2)12-16(11-14)13-20-19-9-5-7-17-6-3-4-8-18(17)19/h3-4,6,8,10,14,16,19-20H,5,7,9,11-13H2,1-2H3. The molecule has 0 saturated carbocycles. The Hall–Kier alpha value is -1.08. The Morgan fingerprint density at radius 3 is 2.95 bits per heavy atom. The second-order valence-corrected chi connectivity index (χ2v) is 6.85. The molecule has 1 aromatic carbocycles. The predicted octanol–water partition coefficient (Wildman–Crippen LogP) is 4.65. The number of allylic oxidation sites excluding steroid dienone is 2. The highest BCUT2D eigenvalue weighted by Gasteiger charge is 2.22. The average molecular weight is 269 g/mol. The molecule has 0 radical (unpaired) electrons. The second kappa shape index (κ2) is 6.13. The van der Waals surface area contributed by atoms with Crippen molar-refractivity contribution in [1.82, 2.24) is 5.32 Å². The van der Waals surface area contributed by atoms with Gasteiger partial charge < -0.3 is 5.32 Å². The molecule has 3 rings (SSSR count). The fourth-order valence-electron chi connectivity index (χ4n) is 4.12. The van der Waals surface area contributed by atoms with Crippen molar-refractivity contribution >= 4 is 0 Å². The largest absolute Gasteiger partial charge is 0.310 e. The summed E-state index contributed by atoms with van der Waals surface area (Å²) in [6.45, 7) is 5.82. The molecule has 1 aromatic rings. The minimum Gasteiger partial charge on any atom is -0.310 e. The molecule has 20 heavy (non-hydrogen) atoms. The summed E-state index contributed by atoms with van der Waals surface area (Å²) < 4.78 is 0. The van der Waals surface area contributed by atoms with Crippen LogP contribution >= 0.6 is 0 Å². The van der Waals surface area contributed by atoms with Gasteiger partial charge in [0.15, 0.2) is 0 Å². The Balaban J connectivity index is 1.61. The lowest BCUT2D eigenvalue weighted by atomic mass is 9.83. The van der Waals surface area contributed by atoms with Crippen LogP contribution in [0.25, 0.3) is 0 Å². The summed E-state index contributed by atoms with van der Waals surface area (Å²) in [5.74, 6) is 1.58. The summed E-state index contributed by atoms with van der Waals surface area (Å²) >= 11 is 0. The van der Waals surface area contributed by atoms with Crippen LogP contribution in [-0.4, -0.2) is 6.54 Å². The molecule has 3 atom stereocenters. The molecule has 1 nitrogen and oxygen atoms in total. The molecule has 0 amide bonds. The number of benzene rings is 1. The van der Waals surface area contributed by atoms with Crippen LogP contribution in [0.4, 0.5) is 0 Å². The van der Waals surface area contributed by atoms with Crippen LogP contribution in [0.3, 0.4) is 0 Å². The Kier molecular flexibility index (Phi) is 4.26. The minimum absolute atomic E-state index is 0.585. The van der Waals surface area contributed by atoms with Gasteiger partial charge in [0.2, 0.25) is 0 Å². The maximum Gasteiger partial charge on any atom is 0.0323 e. The summed E-state index contributed by atoms with van der Waals surface area (Å²) in [7, 11) is 0. The van der Waals surface area contributed by atoms with Crippen molar-refractivity contribution in [3.05, 3.63) is 47.0 Å². The molecule has 0 fully saturated rings. The molecule has 0 spiro atoms. The fraction of sp³-hybridized carbons (Fsp3) is 0.579. The highest BCUT2D eigenvalue weighted by atomic mass is 14.9. The zero-order valence-corrected chi connectivity index (χ0v) is 12.9. The number of hydrogen-bond acceptors (Lipinski definition) is 1. The summed E-state index contributed by atoms with van der Waals surface area (Å²) in [6, 6.07) is 9.58. The van der Waals surface area contributed by atoms with Crippen LogP contribution in [0, 0.1) is 11.8 Å². The van der Waals surface area contributed by atoms with Crippen molar-refractivity contribution in [3.63, 3.8) is 0 Å². The first-order valence-electron chi connectivity index (χ1n) is 8.21. The van der Waals surface area contributed by atoms with E-state index in [-0.39, 0.29) is 0 Å². The molecular formula is C19H27N. The highest BCUT2D eigenvalue weighted by Crippen LogP contribution is 2.31. The van der Waals surface area contributed by atoms with Crippen molar-refractivity contribution in [3.8, 4) is 0 Å². The third-order valence-electron chi connectivity index (χ3n) is 4.91. The van der Waals surface area contributed by atoms with E-state index in [2.05, 4.69) is 49.5 Å². The zero-order valence-electron chi connectivity index (χ0n) is 12.9. The van der Waals surface area contributed by atoms with Gasteiger partial charge in [-0.3, -0.25) is 0 Å². The average Bonchev–Trinajstić information content (AvgIpc) is 2.44. The molecule has 1 N–H and O–H groups in total. The third-order valence-corrected chi connectivity index (χ3v) is 4.91. The van der Waals surface area contributed by atoms with Crippen molar-refractivity contribution < 1.29 is 0 Å². The van der Waals surface area contributed by atoms with E-state index in [1.165, 1.54) is 38.6 Å². The Labute approximate surface area is 123 Å². The van der Waals surface area contributed by atoms with Gasteiger partial charge >= 0.3 is 0 Å². The Morgan fingerprint density at radius 2 is 2.10 bits per heavy atom. The van der Waals surface area contributed by atoms with E-state index in [0.29, 0.717) is 6.04 Å². The van der Waals surface area contributed by atoms with Gasteiger partial charge in [0.1, 0.15) is 0 Å². The van der Waals surface area contributed by atoms with Crippen LogP contribution in [-0.2, 0) is 6.42 Å². The van der Waals surface area contributed by atoms with Gasteiger partial charge in [-0.1, -0.05) is 42.8 Å². The molecule has 0 heterocycles. The lowest BCUT2D eigenvalue weighted by molar-refractivity contribution is 0.348. The summed E-state index contributed by atoms with van der Waals surface area (Å²) in [5, 5.41) is 3.86. The SMILES string of the molecule is CC1=CC(C)CC(CNC2CCCc3ccccc32)C1. The predicted molar refractivity (Wildman–Crippen MR) is 85.8 cm³/mol. The van der Waals surface area contributed by atoms with Crippen molar-refractivity contribution in [2.45, 2.75) is 52.0 Å². The van der Waals surface area contributed by atoms with Crippen LogP contribution in [0.5, 0.6) is 0 Å². The van der Waals surface area contributed by atoms with Crippen molar-refractivity contribution in [2.75, 3.05) is 6.54 Å². The number of fused-ring (bicyclic) bond motifs is 1. The summed E-state index contributed by atoms with van der Waals surface area (Å²) in [4.78, 5) is 0. The number of aryl methyl sites for hydroxylation is 1. The van der Waals surface area contributed by atoms with Crippen molar-refractivity contribution in [2.24, 2.45) is 11.8 Å². The van der Waals surface area contributed by atoms with Gasteiger partial charge in [-0.05, 0) is 68.5 Å². The quantitative estimate of drug-likeness (QED) is 0.788. The molecule has 0 aliphatic heterocycles. The first-order valence-corrected chi connectivity index (χ1v) is 8.21. The van der Waals surface area contributed by atoms with Gasteiger partial charge in [-0.25, -0.2) is 0 Å². The van der Waals surface area contributed by atoms with E-state index < -0.39 is 0 Å². The topological polar surface area (TPSA) is 12.0 Å². The lowest BCUT2D eigenvalue weighted by Gasteiger charge is -2.30. The molecule has 0 bridgehead atoms. The molecule has 0 saturated heterocycles. The number of nitrogens with one attached hydrogen (secondary N) is 1. The van der Waals surface area contributed by atoms with Crippen LogP contribution in [0.2, 0.25) is 0 Å². The molecule has 1 heteroatoms. The third kappa shape index (κ3) is 3.15. The molecule has 108 valence electrons. The summed E-state index contributed by atoms with van der Waals surface area (Å²) in [5.41, 5.74) is 4.69. The molecular weight excluding hydrogens is 242 g/mol. The van der Waals surface area contributed by atoms with Crippen LogP contribution in [0.15, 0.2) is 35.9 Å². The van der Waals surface area contributed by atoms with E-state index in [0.717, 1.165) is 11.8 Å². The zero-order chi connectivity index (χ0) is 13.9. The maximum absolute atomic E-state index is 3.86. The highest BCUT2D eigenvalue weighted by molar-refractivity contribution is 5.32. The fourth-order valence-corrected chi connectivity index (χ4v) is 4.12. The number of rotatable bonds is 3. The van der Waals surface area contributed by atoms with Crippen LogP contribution < -0.4 is 5.32 Å². The molecule has 3 unspecified atom stereocenters. The van der Waals surface area contributed by atoms with E-state index in [9.17, 15) is 0 Å². The van der Waals surface area contributed by atoms with E-state index >= 15 is 0 Å². The number of hydrogen-bond donors (Lipinski definition) is 1. The maximum atomic E-state index is 3.86. The first kappa shape index (κ1) is 13.9. The second-order valence-electron chi connectivity index (χ2n) is 6.85. The van der Waals surface area contributed by atoms with Gasteiger partial charge in [0, 0.05) is 6.04 Å². The first-order chi connectivity index (χ1) is 9.72. The monoisotopic (exact) mass is 269 g/mol. The van der Waals surface area contributed by atoms with Gasteiger partial charge in [-0.15, -0.1) is 0 Å². The van der Waals surface area contributed by atoms with Gasteiger partial charge in [-0.2, -0.15) is 0 Å². The Morgan fingerprint density at radius 1 is 1.25 bits per heavy atom. The smallest absolute Gasteiger partial charge is 0.0323 e. The molecule has 0 aromatic heterocycles. The molecule has 2 aliphatic carbocycles. The van der Waals surface area contributed by atoms with E-state index in [1.807, 2.05) is 0 Å².